The number of hydrogen-bond donors (Lipinski definition) is 1. The van der Waals surface area contributed by atoms with Crippen molar-refractivity contribution >= 4 is 0 Å². The standard InChI is InChI=1S/C12H24N6/c1-3-9-18-12(14-15-16-18)10-17(4-2)11-5-7-13-8-6-11/h11,13H,3-10H2,1-2H3. The molecule has 2 heterocycles. The van der Waals surface area contributed by atoms with Crippen molar-refractivity contribution in [2.24, 2.45) is 0 Å². The van der Waals surface area contributed by atoms with Gasteiger partial charge in [0.05, 0.1) is 6.54 Å². The summed E-state index contributed by atoms with van der Waals surface area (Å²) in [6.45, 7) is 9.46. The van der Waals surface area contributed by atoms with E-state index >= 15 is 0 Å². The summed E-state index contributed by atoms with van der Waals surface area (Å²) < 4.78 is 1.93. The van der Waals surface area contributed by atoms with E-state index in [2.05, 4.69) is 39.6 Å². The van der Waals surface area contributed by atoms with Crippen LogP contribution in [0.4, 0.5) is 0 Å². The Morgan fingerprint density at radius 3 is 2.78 bits per heavy atom. The Balaban J connectivity index is 1.98. The predicted molar refractivity (Wildman–Crippen MR) is 70.1 cm³/mol. The molecule has 1 saturated heterocycles. The van der Waals surface area contributed by atoms with Crippen LogP contribution < -0.4 is 5.32 Å². The highest BCUT2D eigenvalue weighted by atomic mass is 15.5. The Kier molecular flexibility index (Phi) is 5.07. The first-order valence-electron chi connectivity index (χ1n) is 7.05. The molecule has 0 aliphatic carbocycles. The quantitative estimate of drug-likeness (QED) is 0.806. The third-order valence-electron chi connectivity index (χ3n) is 3.62. The number of nitrogens with zero attached hydrogens (tertiary/aromatic N) is 5. The maximum absolute atomic E-state index is 4.16. The van der Waals surface area contributed by atoms with E-state index in [1.165, 1.54) is 12.8 Å². The first kappa shape index (κ1) is 13.4. The zero-order valence-electron chi connectivity index (χ0n) is 11.5. The molecule has 0 saturated carbocycles. The van der Waals surface area contributed by atoms with Crippen LogP contribution in [0.3, 0.4) is 0 Å². The summed E-state index contributed by atoms with van der Waals surface area (Å²) in [4.78, 5) is 2.50. The van der Waals surface area contributed by atoms with Crippen LogP contribution >= 0.6 is 0 Å². The second-order valence-corrected chi connectivity index (χ2v) is 4.86. The number of rotatable bonds is 6. The number of aryl methyl sites for hydroxylation is 1. The fourth-order valence-corrected chi connectivity index (χ4v) is 2.57. The van der Waals surface area contributed by atoms with Crippen LogP contribution in [0.1, 0.15) is 38.9 Å². The zero-order valence-corrected chi connectivity index (χ0v) is 11.5. The molecule has 102 valence electrons. The Morgan fingerprint density at radius 1 is 1.33 bits per heavy atom. The van der Waals surface area contributed by atoms with E-state index in [9.17, 15) is 0 Å². The average molecular weight is 252 g/mol. The molecule has 0 unspecified atom stereocenters. The zero-order chi connectivity index (χ0) is 12.8. The molecular formula is C12H24N6. The lowest BCUT2D eigenvalue weighted by Crippen LogP contribution is -2.43. The largest absolute Gasteiger partial charge is 0.317 e. The molecule has 6 heteroatoms. The summed E-state index contributed by atoms with van der Waals surface area (Å²) in [5.74, 6) is 0.997. The molecule has 0 atom stereocenters. The van der Waals surface area contributed by atoms with Gasteiger partial charge in [0.2, 0.25) is 0 Å². The van der Waals surface area contributed by atoms with Crippen molar-refractivity contribution in [3.8, 4) is 0 Å². The first-order chi connectivity index (χ1) is 8.85. The minimum Gasteiger partial charge on any atom is -0.317 e. The van der Waals surface area contributed by atoms with Crippen LogP contribution in [0, 0.1) is 0 Å². The summed E-state index contributed by atoms with van der Waals surface area (Å²) >= 11 is 0. The molecule has 18 heavy (non-hydrogen) atoms. The SMILES string of the molecule is CCCn1nnnc1CN(CC)C1CCNCC1. The molecule has 0 bridgehead atoms. The maximum Gasteiger partial charge on any atom is 0.165 e. The molecule has 1 aromatic rings. The number of tetrazole rings is 1. The molecule has 1 aliphatic heterocycles. The topological polar surface area (TPSA) is 58.9 Å². The van der Waals surface area contributed by atoms with Crippen molar-refractivity contribution < 1.29 is 0 Å². The minimum absolute atomic E-state index is 0.669. The van der Waals surface area contributed by atoms with Crippen LogP contribution in [0.5, 0.6) is 0 Å². The number of nitrogens with one attached hydrogen (secondary N) is 1. The molecule has 0 aromatic carbocycles. The van der Waals surface area contributed by atoms with Gasteiger partial charge in [-0.05, 0) is 49.3 Å². The van der Waals surface area contributed by atoms with E-state index in [4.69, 9.17) is 0 Å². The third kappa shape index (κ3) is 3.26. The summed E-state index contributed by atoms with van der Waals surface area (Å²) in [5.41, 5.74) is 0. The van der Waals surface area contributed by atoms with Gasteiger partial charge < -0.3 is 5.32 Å². The molecule has 2 rings (SSSR count). The summed E-state index contributed by atoms with van der Waals surface area (Å²) in [6, 6.07) is 0.669. The van der Waals surface area contributed by atoms with Crippen molar-refractivity contribution in [3.05, 3.63) is 5.82 Å². The van der Waals surface area contributed by atoms with E-state index in [1.54, 1.807) is 0 Å². The van der Waals surface area contributed by atoms with Gasteiger partial charge in [0.1, 0.15) is 0 Å². The van der Waals surface area contributed by atoms with Crippen molar-refractivity contribution in [3.63, 3.8) is 0 Å². The molecule has 1 aliphatic rings. The van der Waals surface area contributed by atoms with E-state index in [0.29, 0.717) is 6.04 Å². The molecule has 1 fully saturated rings. The van der Waals surface area contributed by atoms with Crippen molar-refractivity contribution in [2.75, 3.05) is 19.6 Å². The lowest BCUT2D eigenvalue weighted by atomic mass is 10.0. The molecule has 0 radical (unpaired) electrons. The monoisotopic (exact) mass is 252 g/mol. The van der Waals surface area contributed by atoms with Crippen LogP contribution in [0.15, 0.2) is 0 Å². The number of piperidine rings is 1. The highest BCUT2D eigenvalue weighted by molar-refractivity contribution is 4.85. The fraction of sp³-hybridized carbons (Fsp3) is 0.917. The predicted octanol–water partition coefficient (Wildman–Crippen LogP) is 0.657. The molecule has 0 amide bonds. The molecular weight excluding hydrogens is 228 g/mol. The Labute approximate surface area is 109 Å². The van der Waals surface area contributed by atoms with Gasteiger partial charge in [0, 0.05) is 12.6 Å². The van der Waals surface area contributed by atoms with Gasteiger partial charge >= 0.3 is 0 Å². The third-order valence-corrected chi connectivity index (χ3v) is 3.62. The van der Waals surface area contributed by atoms with E-state index < -0.39 is 0 Å². The van der Waals surface area contributed by atoms with Crippen molar-refractivity contribution in [1.82, 2.24) is 30.4 Å². The second kappa shape index (κ2) is 6.80. The maximum atomic E-state index is 4.16. The van der Waals surface area contributed by atoms with E-state index in [0.717, 1.165) is 45.0 Å². The highest BCUT2D eigenvalue weighted by Gasteiger charge is 2.21. The summed E-state index contributed by atoms with van der Waals surface area (Å²) in [7, 11) is 0. The van der Waals surface area contributed by atoms with Crippen LogP contribution in [0.25, 0.3) is 0 Å². The van der Waals surface area contributed by atoms with Gasteiger partial charge in [-0.1, -0.05) is 13.8 Å². The molecule has 1 aromatic heterocycles. The summed E-state index contributed by atoms with van der Waals surface area (Å²) in [5, 5.41) is 15.4. The van der Waals surface area contributed by atoms with Crippen LogP contribution in [0.2, 0.25) is 0 Å². The Morgan fingerprint density at radius 2 is 2.11 bits per heavy atom. The van der Waals surface area contributed by atoms with Gasteiger partial charge in [-0.3, -0.25) is 4.90 Å². The normalized spacial score (nSPS) is 17.5. The van der Waals surface area contributed by atoms with Gasteiger partial charge in [-0.15, -0.1) is 5.10 Å². The number of hydrogen-bond acceptors (Lipinski definition) is 5. The smallest absolute Gasteiger partial charge is 0.165 e. The van der Waals surface area contributed by atoms with Crippen LogP contribution in [-0.2, 0) is 13.1 Å². The van der Waals surface area contributed by atoms with Gasteiger partial charge in [0.15, 0.2) is 5.82 Å². The minimum atomic E-state index is 0.669. The average Bonchev–Trinajstić information content (AvgIpc) is 2.85. The van der Waals surface area contributed by atoms with Gasteiger partial charge in [0.25, 0.3) is 0 Å². The highest BCUT2D eigenvalue weighted by Crippen LogP contribution is 2.14. The molecule has 1 N–H and O–H groups in total. The van der Waals surface area contributed by atoms with Crippen molar-refractivity contribution in [1.29, 1.82) is 0 Å². The molecule has 6 nitrogen and oxygen atoms in total. The Bertz CT molecular complexity index is 344. The number of aromatic nitrogens is 4. The summed E-state index contributed by atoms with van der Waals surface area (Å²) in [6.07, 6.45) is 3.52. The van der Waals surface area contributed by atoms with E-state index in [1.807, 2.05) is 4.68 Å². The fourth-order valence-electron chi connectivity index (χ4n) is 2.57. The lowest BCUT2D eigenvalue weighted by Gasteiger charge is -2.33. The first-order valence-corrected chi connectivity index (χ1v) is 7.05. The van der Waals surface area contributed by atoms with Crippen LogP contribution in [-0.4, -0.2) is 50.8 Å². The molecule has 0 spiro atoms. The van der Waals surface area contributed by atoms with E-state index in [-0.39, 0.29) is 0 Å². The van der Waals surface area contributed by atoms with Gasteiger partial charge in [-0.25, -0.2) is 4.68 Å². The lowest BCUT2D eigenvalue weighted by molar-refractivity contribution is 0.156. The van der Waals surface area contributed by atoms with Gasteiger partial charge in [-0.2, -0.15) is 0 Å². The van der Waals surface area contributed by atoms with Crippen molar-refractivity contribution in [2.45, 2.75) is 52.2 Å². The second-order valence-electron chi connectivity index (χ2n) is 4.86. The Hall–Kier alpha value is -1.01.